The van der Waals surface area contributed by atoms with Crippen molar-refractivity contribution in [2.45, 2.75) is 44.8 Å². The van der Waals surface area contributed by atoms with Gasteiger partial charge in [-0.2, -0.15) is 0 Å². The molecule has 110 valence electrons. The molecule has 0 radical (unpaired) electrons. The van der Waals surface area contributed by atoms with Crippen LogP contribution in [0.3, 0.4) is 0 Å². The second-order valence-electron chi connectivity index (χ2n) is 6.31. The van der Waals surface area contributed by atoms with Gasteiger partial charge < -0.3 is 10.2 Å². The molecule has 1 unspecified atom stereocenters. The molecule has 0 aliphatic carbocycles. The standard InChI is InChI=1S/C17H20N2O2/c1-6-16(2,3)19-13(12-10-8-7-9-11-12)14(20)18-17(4,5)15(19)21/h1,7-11,13H,2-5H3,(H,18,20). The predicted molar refractivity (Wildman–Crippen MR) is 81.2 cm³/mol. The predicted octanol–water partition coefficient (Wildman–Crippen LogP) is 1.88. The lowest BCUT2D eigenvalue weighted by Crippen LogP contribution is -2.68. The highest BCUT2D eigenvalue weighted by Gasteiger charge is 2.50. The van der Waals surface area contributed by atoms with Gasteiger partial charge in [0.1, 0.15) is 11.6 Å². The molecule has 1 N–H and O–H groups in total. The van der Waals surface area contributed by atoms with Crippen molar-refractivity contribution in [3.8, 4) is 12.3 Å². The lowest BCUT2D eigenvalue weighted by molar-refractivity contribution is -0.158. The lowest BCUT2D eigenvalue weighted by atomic mass is 9.88. The molecule has 0 saturated carbocycles. The summed E-state index contributed by atoms with van der Waals surface area (Å²) in [5.41, 5.74) is -1.06. The minimum absolute atomic E-state index is 0.182. The lowest BCUT2D eigenvalue weighted by Gasteiger charge is -2.48. The molecular formula is C17H20N2O2. The summed E-state index contributed by atoms with van der Waals surface area (Å²) in [5, 5.41) is 2.78. The number of benzene rings is 1. The quantitative estimate of drug-likeness (QED) is 0.843. The highest BCUT2D eigenvalue weighted by atomic mass is 16.2. The fraction of sp³-hybridized carbons (Fsp3) is 0.412. The van der Waals surface area contributed by atoms with Crippen LogP contribution in [-0.2, 0) is 9.59 Å². The third-order valence-electron chi connectivity index (χ3n) is 3.77. The van der Waals surface area contributed by atoms with Gasteiger partial charge in [-0.05, 0) is 33.3 Å². The van der Waals surface area contributed by atoms with Gasteiger partial charge in [0, 0.05) is 0 Å². The van der Waals surface area contributed by atoms with Crippen LogP contribution in [-0.4, -0.2) is 27.8 Å². The van der Waals surface area contributed by atoms with Gasteiger partial charge in [0.15, 0.2) is 0 Å². The first kappa shape index (κ1) is 15.1. The van der Waals surface area contributed by atoms with Gasteiger partial charge >= 0.3 is 0 Å². The number of nitrogens with zero attached hydrogens (tertiary/aromatic N) is 1. The Bertz CT molecular complexity index is 611. The minimum Gasteiger partial charge on any atom is -0.340 e. The molecule has 1 heterocycles. The third kappa shape index (κ3) is 2.52. The summed E-state index contributed by atoms with van der Waals surface area (Å²) in [6, 6.07) is 8.50. The number of carbonyl (C=O) groups is 2. The van der Waals surface area contributed by atoms with E-state index < -0.39 is 17.1 Å². The average molecular weight is 284 g/mol. The Labute approximate surface area is 125 Å². The summed E-state index contributed by atoms with van der Waals surface area (Å²) in [7, 11) is 0. The summed E-state index contributed by atoms with van der Waals surface area (Å²) >= 11 is 0. The van der Waals surface area contributed by atoms with Crippen LogP contribution in [0.2, 0.25) is 0 Å². The topological polar surface area (TPSA) is 49.4 Å². The van der Waals surface area contributed by atoms with Gasteiger partial charge in [0.2, 0.25) is 11.8 Å². The van der Waals surface area contributed by atoms with Gasteiger partial charge in [-0.15, -0.1) is 6.42 Å². The first-order valence-corrected chi connectivity index (χ1v) is 6.89. The molecule has 2 rings (SSSR count). The third-order valence-corrected chi connectivity index (χ3v) is 3.77. The van der Waals surface area contributed by atoms with Gasteiger partial charge in [-0.25, -0.2) is 0 Å². The zero-order chi connectivity index (χ0) is 15.8. The Hall–Kier alpha value is -2.28. The molecule has 4 heteroatoms. The van der Waals surface area contributed by atoms with Crippen molar-refractivity contribution in [3.05, 3.63) is 35.9 Å². The second kappa shape index (κ2) is 4.92. The summed E-state index contributed by atoms with van der Waals surface area (Å²) in [6.45, 7) is 6.92. The normalized spacial score (nSPS) is 21.7. The van der Waals surface area contributed by atoms with Gasteiger partial charge in [0.25, 0.3) is 0 Å². The molecule has 0 spiro atoms. The first-order valence-electron chi connectivity index (χ1n) is 6.89. The molecule has 2 amide bonds. The number of nitrogens with one attached hydrogen (secondary N) is 1. The van der Waals surface area contributed by atoms with Crippen LogP contribution in [0.4, 0.5) is 0 Å². The number of terminal acetylenes is 1. The Morgan fingerprint density at radius 3 is 2.33 bits per heavy atom. The highest BCUT2D eigenvalue weighted by Crippen LogP contribution is 2.34. The molecule has 1 aliphatic heterocycles. The molecule has 0 bridgehead atoms. The van der Waals surface area contributed by atoms with Gasteiger partial charge in [-0.3, -0.25) is 9.59 Å². The zero-order valence-corrected chi connectivity index (χ0v) is 12.8. The van der Waals surface area contributed by atoms with E-state index in [-0.39, 0.29) is 11.8 Å². The molecule has 1 aromatic rings. The molecule has 4 nitrogen and oxygen atoms in total. The van der Waals surface area contributed by atoms with E-state index in [2.05, 4.69) is 11.2 Å². The summed E-state index contributed by atoms with van der Waals surface area (Å²) in [6.07, 6.45) is 5.60. The number of rotatable bonds is 2. The van der Waals surface area contributed by atoms with Crippen LogP contribution in [0.15, 0.2) is 30.3 Å². The monoisotopic (exact) mass is 284 g/mol. The van der Waals surface area contributed by atoms with E-state index in [1.54, 1.807) is 27.7 Å². The number of amides is 2. The average Bonchev–Trinajstić information content (AvgIpc) is 2.42. The van der Waals surface area contributed by atoms with Crippen molar-refractivity contribution in [3.63, 3.8) is 0 Å². The minimum atomic E-state index is -0.962. The van der Waals surface area contributed by atoms with Crippen LogP contribution >= 0.6 is 0 Å². The number of hydrogen-bond acceptors (Lipinski definition) is 2. The van der Waals surface area contributed by atoms with Crippen molar-refractivity contribution < 1.29 is 9.59 Å². The molecule has 1 aromatic carbocycles. The summed E-state index contributed by atoms with van der Waals surface area (Å²) < 4.78 is 0. The zero-order valence-electron chi connectivity index (χ0n) is 12.8. The van der Waals surface area contributed by atoms with E-state index in [0.29, 0.717) is 0 Å². The van der Waals surface area contributed by atoms with Crippen molar-refractivity contribution in [1.29, 1.82) is 0 Å². The van der Waals surface area contributed by atoms with Crippen LogP contribution in [0.1, 0.15) is 39.3 Å². The second-order valence-corrected chi connectivity index (χ2v) is 6.31. The van der Waals surface area contributed by atoms with E-state index in [1.165, 1.54) is 4.90 Å². The molecule has 1 aliphatic rings. The van der Waals surface area contributed by atoms with Crippen molar-refractivity contribution in [2.24, 2.45) is 0 Å². The smallest absolute Gasteiger partial charge is 0.249 e. The number of piperazine rings is 1. The van der Waals surface area contributed by atoms with E-state index in [4.69, 9.17) is 6.42 Å². The molecule has 1 atom stereocenters. The summed E-state index contributed by atoms with van der Waals surface area (Å²) in [5.74, 6) is 2.23. The van der Waals surface area contributed by atoms with Crippen molar-refractivity contribution >= 4 is 11.8 Å². The fourth-order valence-electron chi connectivity index (χ4n) is 2.55. The molecule has 1 fully saturated rings. The van der Waals surface area contributed by atoms with Crippen LogP contribution in [0, 0.1) is 12.3 Å². The maximum absolute atomic E-state index is 12.8. The maximum atomic E-state index is 12.8. The highest BCUT2D eigenvalue weighted by molar-refractivity contribution is 6.00. The van der Waals surface area contributed by atoms with E-state index in [0.717, 1.165) is 5.56 Å². The summed E-state index contributed by atoms with van der Waals surface area (Å²) in [4.78, 5) is 26.9. The molecular weight excluding hydrogens is 264 g/mol. The molecule has 0 aromatic heterocycles. The Balaban J connectivity index is 2.58. The molecule has 21 heavy (non-hydrogen) atoms. The van der Waals surface area contributed by atoms with Gasteiger partial charge in [-0.1, -0.05) is 36.3 Å². The first-order chi connectivity index (χ1) is 9.70. The van der Waals surface area contributed by atoms with Crippen molar-refractivity contribution in [2.75, 3.05) is 0 Å². The maximum Gasteiger partial charge on any atom is 0.249 e. The van der Waals surface area contributed by atoms with Gasteiger partial charge in [0.05, 0.1) is 5.54 Å². The Kier molecular flexibility index (Phi) is 3.54. The van der Waals surface area contributed by atoms with Crippen LogP contribution in [0.5, 0.6) is 0 Å². The van der Waals surface area contributed by atoms with E-state index in [9.17, 15) is 9.59 Å². The SMILES string of the molecule is C#CC(C)(C)N1C(=O)C(C)(C)NC(=O)C1c1ccccc1. The van der Waals surface area contributed by atoms with Crippen molar-refractivity contribution in [1.82, 2.24) is 10.2 Å². The fourth-order valence-corrected chi connectivity index (χ4v) is 2.55. The van der Waals surface area contributed by atoms with E-state index >= 15 is 0 Å². The van der Waals surface area contributed by atoms with Crippen LogP contribution in [0.25, 0.3) is 0 Å². The Morgan fingerprint density at radius 2 is 1.81 bits per heavy atom. The van der Waals surface area contributed by atoms with E-state index in [1.807, 2.05) is 30.3 Å². The molecule has 1 saturated heterocycles. The Morgan fingerprint density at radius 1 is 1.24 bits per heavy atom. The van der Waals surface area contributed by atoms with Crippen LogP contribution < -0.4 is 5.32 Å². The number of hydrogen-bond donors (Lipinski definition) is 1. The number of carbonyl (C=O) groups excluding carboxylic acids is 2. The largest absolute Gasteiger partial charge is 0.340 e.